The van der Waals surface area contributed by atoms with Gasteiger partial charge in [0.1, 0.15) is 29.1 Å². The van der Waals surface area contributed by atoms with E-state index in [0.29, 0.717) is 13.0 Å². The molecule has 0 radical (unpaired) electrons. The molecule has 246 valence electrons. The zero-order valence-corrected chi connectivity index (χ0v) is 26.6. The van der Waals surface area contributed by atoms with Crippen LogP contribution in [0.2, 0.25) is 0 Å². The number of amidine groups is 2. The number of nitrogens with one attached hydrogen (secondary N) is 1. The Labute approximate surface area is 267 Å². The number of anilines is 1. The molecule has 0 amide bonds. The maximum absolute atomic E-state index is 16.6. The second kappa shape index (κ2) is 14.9. The van der Waals surface area contributed by atoms with Crippen molar-refractivity contribution in [1.29, 1.82) is 5.41 Å². The first-order valence-electron chi connectivity index (χ1n) is 15.2. The number of aromatic hydroxyl groups is 1. The summed E-state index contributed by atoms with van der Waals surface area (Å²) in [7, 11) is 1.91. The molecule has 0 bridgehead atoms. The summed E-state index contributed by atoms with van der Waals surface area (Å²) < 4.78 is 50.1. The highest BCUT2D eigenvalue weighted by molar-refractivity contribution is 6.00. The first-order chi connectivity index (χ1) is 21.9. The number of pyridine rings is 1. The number of halogens is 2. The molecule has 0 spiro atoms. The Morgan fingerprint density at radius 1 is 1.13 bits per heavy atom. The number of likely N-dealkylation sites (N-methyl/N-ethyl adjacent to an activating group) is 1. The molecule has 4 N–H and O–H groups in total. The van der Waals surface area contributed by atoms with E-state index in [1.165, 1.54) is 23.1 Å². The van der Waals surface area contributed by atoms with E-state index in [9.17, 15) is 9.90 Å². The van der Waals surface area contributed by atoms with Crippen LogP contribution in [0.5, 0.6) is 29.0 Å². The van der Waals surface area contributed by atoms with Crippen molar-refractivity contribution in [2.24, 2.45) is 16.6 Å². The molecule has 0 aliphatic carbocycles. The fourth-order valence-electron chi connectivity index (χ4n) is 5.10. The first kappa shape index (κ1) is 33.9. The highest BCUT2D eigenvalue weighted by Crippen LogP contribution is 2.41. The molecule has 2 aromatic carbocycles. The van der Waals surface area contributed by atoms with Crippen LogP contribution < -0.4 is 20.1 Å². The molecule has 1 unspecified atom stereocenters. The molecule has 11 nitrogen and oxygen atoms in total. The van der Waals surface area contributed by atoms with Gasteiger partial charge in [0.15, 0.2) is 11.5 Å². The van der Waals surface area contributed by atoms with Crippen molar-refractivity contribution in [2.75, 3.05) is 38.2 Å². The van der Waals surface area contributed by atoms with Crippen molar-refractivity contribution in [1.82, 2.24) is 9.88 Å². The van der Waals surface area contributed by atoms with Gasteiger partial charge in [-0.3, -0.25) is 10.4 Å². The number of hydrogen-bond acceptors (Lipinski definition) is 10. The number of phenols is 1. The number of phenolic OH excluding ortho intramolecular Hbond substituents is 1. The number of nitrogen functional groups attached to an aromatic ring is 1. The molecule has 1 atom stereocenters. The summed E-state index contributed by atoms with van der Waals surface area (Å²) in [4.78, 5) is 25.1. The van der Waals surface area contributed by atoms with Crippen molar-refractivity contribution >= 4 is 23.3 Å². The lowest BCUT2D eigenvalue weighted by molar-refractivity contribution is -0.145. The van der Waals surface area contributed by atoms with Crippen molar-refractivity contribution in [2.45, 2.75) is 46.6 Å². The molecule has 13 heteroatoms. The number of benzene rings is 2. The topological polar surface area (TPSA) is 147 Å². The summed E-state index contributed by atoms with van der Waals surface area (Å²) in [5, 5.41) is 18.2. The molecule has 2 heterocycles. The van der Waals surface area contributed by atoms with E-state index in [-0.39, 0.29) is 48.4 Å². The number of hydrogen-bond donors (Lipinski definition) is 3. The summed E-state index contributed by atoms with van der Waals surface area (Å²) >= 11 is 0. The van der Waals surface area contributed by atoms with Crippen LogP contribution in [0.15, 0.2) is 47.5 Å². The molecule has 46 heavy (non-hydrogen) atoms. The smallest absolute Gasteiger partial charge is 0.328 e. The summed E-state index contributed by atoms with van der Waals surface area (Å²) in [6.07, 6.45) is 0.673. The maximum atomic E-state index is 16.6. The van der Waals surface area contributed by atoms with Crippen LogP contribution in [-0.4, -0.2) is 72.0 Å². The SMILES string of the molecule is CCCN(c1c(F)c(Oc2cccc(C3=NCCN3C)c2)nc(Oc2cc(C(=N)N)ccc2O)c1F)C(CC(C)C)C(=O)OCC. The van der Waals surface area contributed by atoms with Gasteiger partial charge < -0.3 is 34.9 Å². The third-order valence-corrected chi connectivity index (χ3v) is 7.22. The summed E-state index contributed by atoms with van der Waals surface area (Å²) in [5.74, 6) is -4.46. The van der Waals surface area contributed by atoms with E-state index in [1.54, 1.807) is 25.1 Å². The van der Waals surface area contributed by atoms with Gasteiger partial charge in [0.05, 0.1) is 13.2 Å². The first-order valence-corrected chi connectivity index (χ1v) is 15.2. The average Bonchev–Trinajstić information content (AvgIpc) is 3.44. The van der Waals surface area contributed by atoms with Gasteiger partial charge >= 0.3 is 5.97 Å². The van der Waals surface area contributed by atoms with Crippen LogP contribution >= 0.6 is 0 Å². The minimum atomic E-state index is -1.22. The molecule has 0 saturated heterocycles. The highest BCUT2D eigenvalue weighted by atomic mass is 19.1. The molecule has 3 aromatic rings. The number of aliphatic imine (C=N–C) groups is 1. The lowest BCUT2D eigenvalue weighted by Crippen LogP contribution is -2.45. The Morgan fingerprint density at radius 2 is 1.85 bits per heavy atom. The molecule has 1 aromatic heterocycles. The minimum absolute atomic E-state index is 0.0289. The van der Waals surface area contributed by atoms with Gasteiger partial charge in [0, 0.05) is 31.3 Å². The number of nitrogens with two attached hydrogens (primary N) is 1. The van der Waals surface area contributed by atoms with E-state index in [2.05, 4.69) is 9.98 Å². The van der Waals surface area contributed by atoms with E-state index in [1.807, 2.05) is 38.8 Å². The van der Waals surface area contributed by atoms with Gasteiger partial charge in [-0.15, -0.1) is 0 Å². The van der Waals surface area contributed by atoms with Crippen LogP contribution in [0.25, 0.3) is 0 Å². The maximum Gasteiger partial charge on any atom is 0.328 e. The predicted molar refractivity (Wildman–Crippen MR) is 171 cm³/mol. The average molecular weight is 639 g/mol. The largest absolute Gasteiger partial charge is 0.504 e. The van der Waals surface area contributed by atoms with Crippen LogP contribution in [0.1, 0.15) is 51.7 Å². The summed E-state index contributed by atoms with van der Waals surface area (Å²) in [6.45, 7) is 8.81. The van der Waals surface area contributed by atoms with Crippen molar-refractivity contribution in [3.05, 3.63) is 65.2 Å². The lowest BCUT2D eigenvalue weighted by Gasteiger charge is -2.33. The number of aromatic nitrogens is 1. The zero-order chi connectivity index (χ0) is 33.5. The van der Waals surface area contributed by atoms with Gasteiger partial charge in [-0.2, -0.15) is 13.8 Å². The van der Waals surface area contributed by atoms with Crippen molar-refractivity contribution < 1.29 is 32.9 Å². The van der Waals surface area contributed by atoms with Gasteiger partial charge in [-0.25, -0.2) is 4.79 Å². The molecular weight excluding hydrogens is 598 g/mol. The Kier molecular flexibility index (Phi) is 11.0. The van der Waals surface area contributed by atoms with Crippen molar-refractivity contribution in [3.8, 4) is 29.0 Å². The second-order valence-electron chi connectivity index (χ2n) is 11.2. The molecular formula is C33H40F2N6O5. The Morgan fingerprint density at radius 3 is 2.46 bits per heavy atom. The van der Waals surface area contributed by atoms with E-state index in [0.717, 1.165) is 17.9 Å². The monoisotopic (exact) mass is 638 g/mol. The number of carbonyl (C=O) groups is 1. The summed E-state index contributed by atoms with van der Waals surface area (Å²) in [5.41, 5.74) is 5.92. The Balaban J connectivity index is 1.89. The molecule has 0 fully saturated rings. The minimum Gasteiger partial charge on any atom is -0.504 e. The number of carbonyl (C=O) groups excluding carboxylic acids is 1. The number of esters is 1. The van der Waals surface area contributed by atoms with Crippen LogP contribution in [0.3, 0.4) is 0 Å². The van der Waals surface area contributed by atoms with Crippen LogP contribution in [0.4, 0.5) is 14.5 Å². The highest BCUT2D eigenvalue weighted by Gasteiger charge is 2.35. The summed E-state index contributed by atoms with van der Waals surface area (Å²) in [6, 6.07) is 9.61. The third-order valence-electron chi connectivity index (χ3n) is 7.22. The second-order valence-corrected chi connectivity index (χ2v) is 11.2. The quantitative estimate of drug-likeness (QED) is 0.113. The van der Waals surface area contributed by atoms with Gasteiger partial charge in [0.25, 0.3) is 11.8 Å². The predicted octanol–water partition coefficient (Wildman–Crippen LogP) is 5.82. The third kappa shape index (κ3) is 7.64. The molecule has 4 rings (SSSR count). The lowest BCUT2D eigenvalue weighted by atomic mass is 10.0. The van der Waals surface area contributed by atoms with Crippen LogP contribution in [0, 0.1) is 23.0 Å². The zero-order valence-electron chi connectivity index (χ0n) is 26.6. The molecule has 1 aliphatic rings. The van der Waals surface area contributed by atoms with E-state index >= 15 is 8.78 Å². The van der Waals surface area contributed by atoms with E-state index in [4.69, 9.17) is 25.4 Å². The molecule has 1 aliphatic heterocycles. The van der Waals surface area contributed by atoms with Gasteiger partial charge in [-0.05, 0) is 56.0 Å². The fraction of sp³-hybridized carbons (Fsp3) is 0.394. The number of ether oxygens (including phenoxy) is 3. The fourth-order valence-corrected chi connectivity index (χ4v) is 5.10. The number of nitrogens with zero attached hydrogens (tertiary/aromatic N) is 4. The van der Waals surface area contributed by atoms with Gasteiger partial charge in [0.2, 0.25) is 11.6 Å². The normalized spacial score (nSPS) is 13.4. The van der Waals surface area contributed by atoms with Gasteiger partial charge in [-0.1, -0.05) is 32.9 Å². The Hall–Kier alpha value is -4.94. The Bertz CT molecular complexity index is 1620. The molecule has 0 saturated carbocycles. The standard InChI is InChI=1S/C33H40F2N6O5/c1-6-14-41(23(16-19(3)4)33(43)44-7-2)28-26(34)31(45-22-10-8-9-21(17-22)30-38-13-15-40(30)5)39-32(27(28)35)46-25-18-20(29(36)37)11-12-24(25)42/h8-12,17-19,23,42H,6-7,13-16H2,1-5H3,(H3,36,37). The van der Waals surface area contributed by atoms with E-state index < -0.39 is 46.8 Å². The van der Waals surface area contributed by atoms with Crippen molar-refractivity contribution in [3.63, 3.8) is 0 Å². The number of rotatable bonds is 14. The van der Waals surface area contributed by atoms with Crippen LogP contribution in [-0.2, 0) is 9.53 Å².